The van der Waals surface area contributed by atoms with Gasteiger partial charge in [0.25, 0.3) is 0 Å². The summed E-state index contributed by atoms with van der Waals surface area (Å²) >= 11 is 3.47. The zero-order valence-electron chi connectivity index (χ0n) is 11.6. The Balaban J connectivity index is 2.27. The van der Waals surface area contributed by atoms with Crippen LogP contribution in [-0.4, -0.2) is 12.0 Å². The number of pyridine rings is 1. The second-order valence-corrected chi connectivity index (χ2v) is 5.83. The number of hydrogen-bond acceptors (Lipinski definition) is 2. The first kappa shape index (κ1) is 14.2. The molecule has 2 nitrogen and oxygen atoms in total. The van der Waals surface area contributed by atoms with Crippen molar-refractivity contribution >= 4 is 15.9 Å². The third-order valence-electron chi connectivity index (χ3n) is 3.36. The molecule has 1 aromatic heterocycles. The van der Waals surface area contributed by atoms with Crippen LogP contribution in [0, 0.1) is 13.8 Å². The van der Waals surface area contributed by atoms with E-state index in [9.17, 15) is 0 Å². The van der Waals surface area contributed by atoms with Crippen molar-refractivity contribution in [3.8, 4) is 0 Å². The van der Waals surface area contributed by atoms with Crippen molar-refractivity contribution in [2.24, 2.45) is 0 Å². The van der Waals surface area contributed by atoms with Crippen molar-refractivity contribution in [1.29, 1.82) is 0 Å². The molecule has 0 spiro atoms. The zero-order valence-corrected chi connectivity index (χ0v) is 13.2. The highest BCUT2D eigenvalue weighted by Gasteiger charge is 2.13. The molecule has 0 amide bonds. The molecule has 0 radical (unpaired) electrons. The molecule has 0 aliphatic rings. The van der Waals surface area contributed by atoms with Crippen LogP contribution in [0.4, 0.5) is 0 Å². The SMILES string of the molecule is CNC(Cc1cncc(Br)c1)c1cc(C)ccc1C. The van der Waals surface area contributed by atoms with Crippen molar-refractivity contribution in [2.45, 2.75) is 26.3 Å². The average molecular weight is 319 g/mol. The summed E-state index contributed by atoms with van der Waals surface area (Å²) in [4.78, 5) is 4.23. The molecule has 1 unspecified atom stereocenters. The summed E-state index contributed by atoms with van der Waals surface area (Å²) in [6.07, 6.45) is 4.68. The van der Waals surface area contributed by atoms with Crippen LogP contribution in [-0.2, 0) is 6.42 Å². The lowest BCUT2D eigenvalue weighted by Gasteiger charge is -2.19. The van der Waals surface area contributed by atoms with Gasteiger partial charge in [-0.2, -0.15) is 0 Å². The highest BCUT2D eigenvalue weighted by Crippen LogP contribution is 2.23. The van der Waals surface area contributed by atoms with E-state index < -0.39 is 0 Å². The third-order valence-corrected chi connectivity index (χ3v) is 3.79. The summed E-state index contributed by atoms with van der Waals surface area (Å²) in [6, 6.07) is 9.06. The van der Waals surface area contributed by atoms with Crippen LogP contribution in [0.3, 0.4) is 0 Å². The standard InChI is InChI=1S/C16H19BrN2/c1-11-4-5-12(2)15(6-11)16(18-3)8-13-7-14(17)10-19-9-13/h4-7,9-10,16,18H,8H2,1-3H3. The lowest BCUT2D eigenvalue weighted by atomic mass is 9.94. The number of nitrogens with one attached hydrogen (secondary N) is 1. The molecule has 100 valence electrons. The average Bonchev–Trinajstić information content (AvgIpc) is 2.39. The number of likely N-dealkylation sites (N-methyl/N-ethyl adjacent to an activating group) is 1. The fourth-order valence-corrected chi connectivity index (χ4v) is 2.72. The Morgan fingerprint density at radius 1 is 1.21 bits per heavy atom. The van der Waals surface area contributed by atoms with Gasteiger partial charge in [-0.25, -0.2) is 0 Å². The number of hydrogen-bond donors (Lipinski definition) is 1. The highest BCUT2D eigenvalue weighted by molar-refractivity contribution is 9.10. The van der Waals surface area contributed by atoms with E-state index in [1.165, 1.54) is 22.3 Å². The molecule has 1 heterocycles. The molecule has 0 saturated carbocycles. The summed E-state index contributed by atoms with van der Waals surface area (Å²) in [5, 5.41) is 3.41. The molecular formula is C16H19BrN2. The van der Waals surface area contributed by atoms with Gasteiger partial charge in [-0.1, -0.05) is 23.8 Å². The van der Waals surface area contributed by atoms with Crippen LogP contribution in [0.5, 0.6) is 0 Å². The van der Waals surface area contributed by atoms with Gasteiger partial charge < -0.3 is 5.32 Å². The number of aromatic nitrogens is 1. The predicted molar refractivity (Wildman–Crippen MR) is 83.4 cm³/mol. The van der Waals surface area contributed by atoms with E-state index >= 15 is 0 Å². The van der Waals surface area contributed by atoms with Gasteiger partial charge in [0.05, 0.1) is 0 Å². The van der Waals surface area contributed by atoms with Crippen LogP contribution in [0.25, 0.3) is 0 Å². The lowest BCUT2D eigenvalue weighted by Crippen LogP contribution is -2.20. The second kappa shape index (κ2) is 6.31. The topological polar surface area (TPSA) is 24.9 Å². The molecule has 1 atom stereocenters. The molecular weight excluding hydrogens is 300 g/mol. The summed E-state index contributed by atoms with van der Waals surface area (Å²) in [7, 11) is 2.01. The molecule has 0 aliphatic heterocycles. The maximum absolute atomic E-state index is 4.23. The van der Waals surface area contributed by atoms with Gasteiger partial charge in [0.1, 0.15) is 0 Å². The van der Waals surface area contributed by atoms with Crippen molar-refractivity contribution in [3.63, 3.8) is 0 Å². The second-order valence-electron chi connectivity index (χ2n) is 4.92. The van der Waals surface area contributed by atoms with Crippen LogP contribution in [0.1, 0.15) is 28.3 Å². The van der Waals surface area contributed by atoms with Gasteiger partial charge in [-0.15, -0.1) is 0 Å². The smallest absolute Gasteiger partial charge is 0.0410 e. The molecule has 1 aromatic carbocycles. The van der Waals surface area contributed by atoms with Crippen LogP contribution < -0.4 is 5.32 Å². The van der Waals surface area contributed by atoms with Gasteiger partial charge in [0, 0.05) is 22.9 Å². The predicted octanol–water partition coefficient (Wildman–Crippen LogP) is 3.96. The van der Waals surface area contributed by atoms with E-state index in [2.05, 4.69) is 64.3 Å². The number of nitrogens with zero attached hydrogens (tertiary/aromatic N) is 1. The molecule has 2 rings (SSSR count). The lowest BCUT2D eigenvalue weighted by molar-refractivity contribution is 0.587. The maximum atomic E-state index is 4.23. The fourth-order valence-electron chi connectivity index (χ4n) is 2.31. The minimum absolute atomic E-state index is 0.316. The van der Waals surface area contributed by atoms with Crippen molar-refractivity contribution < 1.29 is 0 Å². The molecule has 0 aliphatic carbocycles. The van der Waals surface area contributed by atoms with Crippen molar-refractivity contribution in [2.75, 3.05) is 7.05 Å². The first-order chi connectivity index (χ1) is 9.10. The Morgan fingerprint density at radius 2 is 2.00 bits per heavy atom. The van der Waals surface area contributed by atoms with Crippen LogP contribution in [0.2, 0.25) is 0 Å². The summed E-state index contributed by atoms with van der Waals surface area (Å²) < 4.78 is 1.03. The number of halogens is 1. The first-order valence-corrected chi connectivity index (χ1v) is 7.23. The molecule has 0 bridgehead atoms. The number of rotatable bonds is 4. The molecule has 2 aromatic rings. The van der Waals surface area contributed by atoms with Crippen LogP contribution >= 0.6 is 15.9 Å². The molecule has 0 fully saturated rings. The molecule has 0 saturated heterocycles. The summed E-state index contributed by atoms with van der Waals surface area (Å²) in [6.45, 7) is 4.30. The summed E-state index contributed by atoms with van der Waals surface area (Å²) in [5.41, 5.74) is 5.22. The van der Waals surface area contributed by atoms with Crippen molar-refractivity contribution in [1.82, 2.24) is 10.3 Å². The Kier molecular flexibility index (Phi) is 4.72. The first-order valence-electron chi connectivity index (χ1n) is 6.44. The monoisotopic (exact) mass is 318 g/mol. The fraction of sp³-hybridized carbons (Fsp3) is 0.312. The van der Waals surface area contributed by atoms with E-state index in [4.69, 9.17) is 0 Å². The number of aryl methyl sites for hydroxylation is 2. The molecule has 1 N–H and O–H groups in total. The zero-order chi connectivity index (χ0) is 13.8. The van der Waals surface area contributed by atoms with E-state index in [0.717, 1.165) is 10.9 Å². The van der Waals surface area contributed by atoms with E-state index in [-0.39, 0.29) is 0 Å². The Hall–Kier alpha value is -1.19. The van der Waals surface area contributed by atoms with Crippen molar-refractivity contribution in [3.05, 3.63) is 63.4 Å². The van der Waals surface area contributed by atoms with Gasteiger partial charge in [-0.05, 0) is 66.0 Å². The largest absolute Gasteiger partial charge is 0.313 e. The van der Waals surface area contributed by atoms with Gasteiger partial charge >= 0.3 is 0 Å². The van der Waals surface area contributed by atoms with E-state index in [1.54, 1.807) is 0 Å². The highest BCUT2D eigenvalue weighted by atomic mass is 79.9. The van der Waals surface area contributed by atoms with Gasteiger partial charge in [0.15, 0.2) is 0 Å². The Bertz CT molecular complexity index is 566. The third kappa shape index (κ3) is 3.64. The van der Waals surface area contributed by atoms with Crippen LogP contribution in [0.15, 0.2) is 41.1 Å². The minimum Gasteiger partial charge on any atom is -0.313 e. The van der Waals surface area contributed by atoms with Gasteiger partial charge in [-0.3, -0.25) is 4.98 Å². The number of benzene rings is 1. The molecule has 19 heavy (non-hydrogen) atoms. The van der Waals surface area contributed by atoms with Gasteiger partial charge in [0.2, 0.25) is 0 Å². The normalized spacial score (nSPS) is 12.4. The van der Waals surface area contributed by atoms with E-state index in [1.807, 2.05) is 19.4 Å². The quantitative estimate of drug-likeness (QED) is 0.922. The Morgan fingerprint density at radius 3 is 2.68 bits per heavy atom. The van der Waals surface area contributed by atoms with E-state index in [0.29, 0.717) is 6.04 Å². The minimum atomic E-state index is 0.316. The summed E-state index contributed by atoms with van der Waals surface area (Å²) in [5.74, 6) is 0. The Labute approximate surface area is 123 Å². The molecule has 3 heteroatoms. The maximum Gasteiger partial charge on any atom is 0.0410 e.